The topological polar surface area (TPSA) is 72.6 Å². The van der Waals surface area contributed by atoms with Crippen LogP contribution >= 0.6 is 0 Å². The summed E-state index contributed by atoms with van der Waals surface area (Å²) in [5.41, 5.74) is 6.00. The summed E-state index contributed by atoms with van der Waals surface area (Å²) >= 11 is 0. The van der Waals surface area contributed by atoms with Crippen LogP contribution in [0.3, 0.4) is 0 Å². The van der Waals surface area contributed by atoms with Gasteiger partial charge in [-0.05, 0) is 37.5 Å². The molecule has 2 N–H and O–H groups in total. The van der Waals surface area contributed by atoms with E-state index in [0.717, 1.165) is 6.07 Å². The summed E-state index contributed by atoms with van der Waals surface area (Å²) in [6, 6.07) is 3.70. The van der Waals surface area contributed by atoms with Gasteiger partial charge in [0.05, 0.1) is 11.0 Å². The van der Waals surface area contributed by atoms with E-state index in [9.17, 15) is 12.8 Å². The van der Waals surface area contributed by atoms with Gasteiger partial charge < -0.3 is 10.5 Å². The van der Waals surface area contributed by atoms with Crippen LogP contribution in [-0.2, 0) is 21.3 Å². The molecular weight excluding hydrogens is 295 g/mol. The summed E-state index contributed by atoms with van der Waals surface area (Å²) in [6.07, 6.45) is 1.41. The molecule has 2 rings (SSSR count). The number of sulfonamides is 1. The van der Waals surface area contributed by atoms with Gasteiger partial charge in [-0.25, -0.2) is 12.8 Å². The molecule has 7 heteroatoms. The fourth-order valence-electron chi connectivity index (χ4n) is 2.55. The Kier molecular flexibility index (Phi) is 5.32. The van der Waals surface area contributed by atoms with Gasteiger partial charge in [0.15, 0.2) is 0 Å². The lowest BCUT2D eigenvalue weighted by atomic mass is 10.1. The van der Waals surface area contributed by atoms with E-state index in [1.807, 2.05) is 6.92 Å². The highest BCUT2D eigenvalue weighted by Gasteiger charge is 2.31. The highest BCUT2D eigenvalue weighted by atomic mass is 32.2. The van der Waals surface area contributed by atoms with Crippen LogP contribution in [0.25, 0.3) is 0 Å². The third-order valence-corrected chi connectivity index (χ3v) is 5.65. The van der Waals surface area contributed by atoms with Gasteiger partial charge in [0.25, 0.3) is 0 Å². The Morgan fingerprint density at radius 1 is 1.38 bits per heavy atom. The summed E-state index contributed by atoms with van der Waals surface area (Å²) < 4.78 is 45.6. The van der Waals surface area contributed by atoms with Crippen molar-refractivity contribution < 1.29 is 17.5 Å². The van der Waals surface area contributed by atoms with Crippen molar-refractivity contribution in [3.63, 3.8) is 0 Å². The summed E-state index contributed by atoms with van der Waals surface area (Å²) in [4.78, 5) is -0.0279. The van der Waals surface area contributed by atoms with Gasteiger partial charge in [0.2, 0.25) is 10.0 Å². The van der Waals surface area contributed by atoms with E-state index in [2.05, 4.69) is 0 Å². The summed E-state index contributed by atoms with van der Waals surface area (Å²) in [6.45, 7) is 3.37. The number of piperidine rings is 1. The van der Waals surface area contributed by atoms with E-state index < -0.39 is 15.8 Å². The Morgan fingerprint density at radius 2 is 2.05 bits per heavy atom. The minimum atomic E-state index is -3.71. The average Bonchev–Trinajstić information content (AvgIpc) is 2.48. The fraction of sp³-hybridized carbons (Fsp3) is 0.571. The van der Waals surface area contributed by atoms with Gasteiger partial charge in [-0.3, -0.25) is 0 Å². The van der Waals surface area contributed by atoms with Crippen LogP contribution in [0.15, 0.2) is 23.1 Å². The van der Waals surface area contributed by atoms with Crippen molar-refractivity contribution in [3.8, 4) is 0 Å². The summed E-state index contributed by atoms with van der Waals surface area (Å²) in [5, 5.41) is 0. The zero-order chi connectivity index (χ0) is 15.5. The van der Waals surface area contributed by atoms with Crippen molar-refractivity contribution in [2.75, 3.05) is 19.7 Å². The van der Waals surface area contributed by atoms with Gasteiger partial charge in [0, 0.05) is 26.2 Å². The Balaban J connectivity index is 2.21. The molecule has 118 valence electrons. The molecule has 0 atom stereocenters. The van der Waals surface area contributed by atoms with E-state index in [1.165, 1.54) is 16.4 Å². The minimum Gasteiger partial charge on any atom is -0.378 e. The van der Waals surface area contributed by atoms with Crippen LogP contribution < -0.4 is 5.73 Å². The quantitative estimate of drug-likeness (QED) is 0.893. The van der Waals surface area contributed by atoms with E-state index >= 15 is 0 Å². The normalized spacial score (nSPS) is 18.0. The first-order valence-electron chi connectivity index (χ1n) is 7.09. The SMILES string of the molecule is CCOC1CCN(S(=O)(=O)c2cc(F)ccc2CN)CC1. The maximum atomic E-state index is 13.4. The molecule has 1 aliphatic heterocycles. The lowest BCUT2D eigenvalue weighted by Crippen LogP contribution is -2.41. The van der Waals surface area contributed by atoms with Gasteiger partial charge in [0.1, 0.15) is 5.82 Å². The Labute approximate surface area is 124 Å². The molecule has 0 saturated carbocycles. The van der Waals surface area contributed by atoms with Crippen LogP contribution in [-0.4, -0.2) is 38.5 Å². The summed E-state index contributed by atoms with van der Waals surface area (Å²) in [5.74, 6) is -0.574. The Hall–Kier alpha value is -1.02. The molecule has 0 bridgehead atoms. The molecule has 1 aliphatic rings. The van der Waals surface area contributed by atoms with Crippen LogP contribution in [0, 0.1) is 5.82 Å². The average molecular weight is 316 g/mol. The third kappa shape index (κ3) is 3.60. The number of rotatable bonds is 5. The molecule has 5 nitrogen and oxygen atoms in total. The molecule has 0 amide bonds. The van der Waals surface area contributed by atoms with Gasteiger partial charge >= 0.3 is 0 Å². The van der Waals surface area contributed by atoms with Crippen molar-refractivity contribution in [2.24, 2.45) is 5.73 Å². The van der Waals surface area contributed by atoms with E-state index in [1.54, 1.807) is 0 Å². The molecular formula is C14H21FN2O3S. The van der Waals surface area contributed by atoms with Crippen LogP contribution in [0.4, 0.5) is 4.39 Å². The number of nitrogens with two attached hydrogens (primary N) is 1. The molecule has 0 radical (unpaired) electrons. The lowest BCUT2D eigenvalue weighted by Gasteiger charge is -2.31. The summed E-state index contributed by atoms with van der Waals surface area (Å²) in [7, 11) is -3.71. The predicted octanol–water partition coefficient (Wildman–Crippen LogP) is 1.47. The Bertz CT molecular complexity index is 584. The molecule has 0 aliphatic carbocycles. The standard InChI is InChI=1S/C14H21FN2O3S/c1-2-20-13-5-7-17(8-6-13)21(18,19)14-9-12(15)4-3-11(14)10-16/h3-4,9,13H,2,5-8,10,16H2,1H3. The smallest absolute Gasteiger partial charge is 0.243 e. The maximum absolute atomic E-state index is 13.4. The molecule has 21 heavy (non-hydrogen) atoms. The monoisotopic (exact) mass is 316 g/mol. The van der Waals surface area contributed by atoms with Gasteiger partial charge in [-0.1, -0.05) is 6.07 Å². The van der Waals surface area contributed by atoms with E-state index in [0.29, 0.717) is 38.1 Å². The van der Waals surface area contributed by atoms with E-state index in [4.69, 9.17) is 10.5 Å². The second kappa shape index (κ2) is 6.83. The molecule has 1 heterocycles. The van der Waals surface area contributed by atoms with Crippen molar-refractivity contribution >= 4 is 10.0 Å². The van der Waals surface area contributed by atoms with Crippen molar-refractivity contribution in [1.82, 2.24) is 4.31 Å². The molecule has 0 spiro atoms. The van der Waals surface area contributed by atoms with Crippen molar-refractivity contribution in [1.29, 1.82) is 0 Å². The molecule has 0 aromatic heterocycles. The first-order chi connectivity index (χ1) is 9.98. The highest BCUT2D eigenvalue weighted by molar-refractivity contribution is 7.89. The van der Waals surface area contributed by atoms with Crippen LogP contribution in [0.1, 0.15) is 25.3 Å². The molecule has 1 saturated heterocycles. The first kappa shape index (κ1) is 16.4. The van der Waals surface area contributed by atoms with E-state index in [-0.39, 0.29) is 17.5 Å². The highest BCUT2D eigenvalue weighted by Crippen LogP contribution is 2.25. The van der Waals surface area contributed by atoms with Crippen molar-refractivity contribution in [2.45, 2.75) is 37.3 Å². The lowest BCUT2D eigenvalue weighted by molar-refractivity contribution is 0.0290. The number of ether oxygens (including phenoxy) is 1. The predicted molar refractivity (Wildman–Crippen MR) is 77.7 cm³/mol. The fourth-order valence-corrected chi connectivity index (χ4v) is 4.26. The van der Waals surface area contributed by atoms with Gasteiger partial charge in [-0.15, -0.1) is 0 Å². The molecule has 1 fully saturated rings. The van der Waals surface area contributed by atoms with Crippen molar-refractivity contribution in [3.05, 3.63) is 29.6 Å². The maximum Gasteiger partial charge on any atom is 0.243 e. The number of hydrogen-bond donors (Lipinski definition) is 1. The zero-order valence-electron chi connectivity index (χ0n) is 12.1. The number of benzene rings is 1. The number of nitrogens with zero attached hydrogens (tertiary/aromatic N) is 1. The third-order valence-electron chi connectivity index (χ3n) is 3.67. The second-order valence-electron chi connectivity index (χ2n) is 5.01. The Morgan fingerprint density at radius 3 is 2.62 bits per heavy atom. The first-order valence-corrected chi connectivity index (χ1v) is 8.53. The minimum absolute atomic E-state index is 0.0279. The molecule has 1 aromatic rings. The largest absolute Gasteiger partial charge is 0.378 e. The van der Waals surface area contributed by atoms with Gasteiger partial charge in [-0.2, -0.15) is 4.31 Å². The second-order valence-corrected chi connectivity index (χ2v) is 6.92. The number of halogens is 1. The zero-order valence-corrected chi connectivity index (χ0v) is 12.9. The molecule has 0 unspecified atom stereocenters. The molecule has 1 aromatic carbocycles. The van der Waals surface area contributed by atoms with Crippen LogP contribution in [0.2, 0.25) is 0 Å². The van der Waals surface area contributed by atoms with Crippen LogP contribution in [0.5, 0.6) is 0 Å². The number of hydrogen-bond acceptors (Lipinski definition) is 4.